The molecule has 3 aromatic carbocycles. The molecule has 3 rings (SSSR count). The lowest BCUT2D eigenvalue weighted by atomic mass is 9.80. The van der Waals surface area contributed by atoms with Gasteiger partial charge in [0.15, 0.2) is 0 Å². The molecule has 0 spiro atoms. The molecule has 4 heteroatoms. The summed E-state index contributed by atoms with van der Waals surface area (Å²) in [7, 11) is 0. The number of aliphatic hydroxyl groups excluding tert-OH is 1. The molecule has 0 heterocycles. The highest BCUT2D eigenvalue weighted by Gasteiger charge is 2.33. The van der Waals surface area contributed by atoms with Gasteiger partial charge in [0, 0.05) is 6.92 Å². The largest absolute Gasteiger partial charge is 0.427 e. The van der Waals surface area contributed by atoms with Gasteiger partial charge in [-0.2, -0.15) is 0 Å². The molecule has 0 saturated carbocycles. The maximum atomic E-state index is 11.7. The standard InChI is InChI=1S/C22H20O4/c1-16(24)26-21-13-11-20(12-14-21)22(25,18-5-3-2-4-6-18)19-9-7-17(15-23)8-10-19/h2-14,23,25H,15H2,1H3. The van der Waals surface area contributed by atoms with Crippen LogP contribution < -0.4 is 4.74 Å². The zero-order valence-corrected chi connectivity index (χ0v) is 14.4. The van der Waals surface area contributed by atoms with Gasteiger partial charge in [0.05, 0.1) is 6.61 Å². The van der Waals surface area contributed by atoms with Gasteiger partial charge in [0.2, 0.25) is 0 Å². The second kappa shape index (κ2) is 7.52. The lowest BCUT2D eigenvalue weighted by molar-refractivity contribution is -0.131. The molecule has 0 aromatic heterocycles. The second-order valence-corrected chi connectivity index (χ2v) is 6.05. The smallest absolute Gasteiger partial charge is 0.308 e. The number of esters is 1. The quantitative estimate of drug-likeness (QED) is 0.421. The van der Waals surface area contributed by atoms with Crippen LogP contribution in [-0.2, 0) is 17.0 Å². The Labute approximate surface area is 152 Å². The number of ether oxygens (including phenoxy) is 1. The summed E-state index contributed by atoms with van der Waals surface area (Å²) in [5.41, 5.74) is 1.45. The number of carbonyl (C=O) groups is 1. The van der Waals surface area contributed by atoms with Gasteiger partial charge in [-0.1, -0.05) is 66.7 Å². The van der Waals surface area contributed by atoms with Gasteiger partial charge in [-0.05, 0) is 34.4 Å². The monoisotopic (exact) mass is 348 g/mol. The Morgan fingerprint density at radius 2 is 1.35 bits per heavy atom. The summed E-state index contributed by atoms with van der Waals surface area (Å²) in [5.74, 6) is 0.0305. The third kappa shape index (κ3) is 3.52. The third-order valence-electron chi connectivity index (χ3n) is 4.28. The molecule has 3 aromatic rings. The number of rotatable bonds is 5. The molecular formula is C22H20O4. The SMILES string of the molecule is CC(=O)Oc1ccc(C(O)(c2ccccc2)c2ccc(CO)cc2)cc1. The molecule has 0 fully saturated rings. The van der Waals surface area contributed by atoms with Gasteiger partial charge >= 0.3 is 5.97 Å². The van der Waals surface area contributed by atoms with Gasteiger partial charge in [0.25, 0.3) is 0 Å². The Balaban J connectivity index is 2.10. The fourth-order valence-electron chi connectivity index (χ4n) is 2.96. The van der Waals surface area contributed by atoms with Gasteiger partial charge in [-0.25, -0.2) is 0 Å². The minimum absolute atomic E-state index is 0.0544. The van der Waals surface area contributed by atoms with Crippen molar-refractivity contribution in [2.75, 3.05) is 0 Å². The van der Waals surface area contributed by atoms with Crippen LogP contribution >= 0.6 is 0 Å². The normalized spacial score (nSPS) is 13.0. The van der Waals surface area contributed by atoms with E-state index < -0.39 is 11.6 Å². The maximum Gasteiger partial charge on any atom is 0.308 e. The molecule has 26 heavy (non-hydrogen) atoms. The summed E-state index contributed by atoms with van der Waals surface area (Å²) in [5, 5.41) is 21.0. The summed E-state index contributed by atoms with van der Waals surface area (Å²) >= 11 is 0. The molecule has 0 aliphatic rings. The predicted octanol–water partition coefficient (Wildman–Crippen LogP) is 3.39. The topological polar surface area (TPSA) is 66.8 Å². The first kappa shape index (κ1) is 17.9. The molecule has 132 valence electrons. The highest BCUT2D eigenvalue weighted by Crippen LogP contribution is 2.37. The van der Waals surface area contributed by atoms with E-state index in [4.69, 9.17) is 4.74 Å². The summed E-state index contributed by atoms with van der Waals surface area (Å²) in [6, 6.07) is 23.3. The van der Waals surface area contributed by atoms with Gasteiger partial charge in [0.1, 0.15) is 11.4 Å². The highest BCUT2D eigenvalue weighted by atomic mass is 16.5. The van der Waals surface area contributed by atoms with Crippen LogP contribution in [0.25, 0.3) is 0 Å². The number of benzene rings is 3. The third-order valence-corrected chi connectivity index (χ3v) is 4.28. The van der Waals surface area contributed by atoms with E-state index in [-0.39, 0.29) is 6.61 Å². The second-order valence-electron chi connectivity index (χ2n) is 6.05. The molecule has 1 unspecified atom stereocenters. The van der Waals surface area contributed by atoms with Crippen molar-refractivity contribution in [2.45, 2.75) is 19.1 Å². The van der Waals surface area contributed by atoms with Crippen LogP contribution in [0.5, 0.6) is 5.75 Å². The molecule has 4 nitrogen and oxygen atoms in total. The van der Waals surface area contributed by atoms with Crippen LogP contribution in [-0.4, -0.2) is 16.2 Å². The zero-order chi connectivity index (χ0) is 18.6. The number of hydrogen-bond donors (Lipinski definition) is 2. The van der Waals surface area contributed by atoms with Crippen LogP contribution in [0, 0.1) is 0 Å². The van der Waals surface area contributed by atoms with E-state index >= 15 is 0 Å². The minimum Gasteiger partial charge on any atom is -0.427 e. The lowest BCUT2D eigenvalue weighted by Crippen LogP contribution is -2.28. The van der Waals surface area contributed by atoms with Gasteiger partial charge in [-0.15, -0.1) is 0 Å². The Morgan fingerprint density at radius 1 is 0.846 bits per heavy atom. The zero-order valence-electron chi connectivity index (χ0n) is 14.4. The molecule has 2 N–H and O–H groups in total. The summed E-state index contributed by atoms with van der Waals surface area (Å²) in [6.45, 7) is 1.29. The van der Waals surface area contributed by atoms with Gasteiger partial charge in [-0.3, -0.25) is 4.79 Å². The first-order valence-electron chi connectivity index (χ1n) is 8.31. The van der Waals surface area contributed by atoms with E-state index in [1.165, 1.54) is 6.92 Å². The van der Waals surface area contributed by atoms with Gasteiger partial charge < -0.3 is 14.9 Å². The molecular weight excluding hydrogens is 328 g/mol. The molecule has 1 atom stereocenters. The molecule has 0 saturated heterocycles. The van der Waals surface area contributed by atoms with Crippen molar-refractivity contribution >= 4 is 5.97 Å². The Morgan fingerprint density at radius 3 is 1.85 bits per heavy atom. The van der Waals surface area contributed by atoms with Crippen molar-refractivity contribution in [2.24, 2.45) is 0 Å². The molecule has 0 radical (unpaired) electrons. The fourth-order valence-corrected chi connectivity index (χ4v) is 2.96. The number of aliphatic hydroxyl groups is 2. The van der Waals surface area contributed by atoms with E-state index in [0.717, 1.165) is 11.1 Å². The number of carbonyl (C=O) groups excluding carboxylic acids is 1. The minimum atomic E-state index is -1.37. The maximum absolute atomic E-state index is 11.7. The lowest BCUT2D eigenvalue weighted by Gasteiger charge is -2.30. The first-order valence-corrected chi connectivity index (χ1v) is 8.31. The molecule has 0 bridgehead atoms. The van der Waals surface area contributed by atoms with Crippen LogP contribution in [0.1, 0.15) is 29.2 Å². The van der Waals surface area contributed by atoms with E-state index in [1.807, 2.05) is 30.3 Å². The van der Waals surface area contributed by atoms with Crippen LogP contribution in [0.2, 0.25) is 0 Å². The van der Waals surface area contributed by atoms with Crippen molar-refractivity contribution in [3.8, 4) is 5.75 Å². The highest BCUT2D eigenvalue weighted by molar-refractivity contribution is 5.69. The molecule has 0 amide bonds. The fraction of sp³-hybridized carbons (Fsp3) is 0.136. The molecule has 0 aliphatic carbocycles. The first-order chi connectivity index (χ1) is 12.5. The van der Waals surface area contributed by atoms with Crippen LogP contribution in [0.4, 0.5) is 0 Å². The van der Waals surface area contributed by atoms with E-state index in [0.29, 0.717) is 16.9 Å². The summed E-state index contributed by atoms with van der Waals surface area (Å²) in [4.78, 5) is 11.1. The predicted molar refractivity (Wildman–Crippen MR) is 98.7 cm³/mol. The summed E-state index contributed by atoms with van der Waals surface area (Å²) < 4.78 is 5.08. The molecule has 0 aliphatic heterocycles. The Hall–Kier alpha value is -2.95. The average molecular weight is 348 g/mol. The van der Waals surface area contributed by atoms with E-state index in [9.17, 15) is 15.0 Å². The van der Waals surface area contributed by atoms with Crippen molar-refractivity contribution in [1.82, 2.24) is 0 Å². The van der Waals surface area contributed by atoms with Crippen LogP contribution in [0.15, 0.2) is 78.9 Å². The number of hydrogen-bond acceptors (Lipinski definition) is 4. The van der Waals surface area contributed by atoms with Crippen molar-refractivity contribution in [3.05, 3.63) is 101 Å². The van der Waals surface area contributed by atoms with Crippen LogP contribution in [0.3, 0.4) is 0 Å². The average Bonchev–Trinajstić information content (AvgIpc) is 2.68. The van der Waals surface area contributed by atoms with Crippen molar-refractivity contribution in [3.63, 3.8) is 0 Å². The van der Waals surface area contributed by atoms with Crippen molar-refractivity contribution < 1.29 is 19.7 Å². The van der Waals surface area contributed by atoms with E-state index in [1.54, 1.807) is 48.5 Å². The van der Waals surface area contributed by atoms with Crippen molar-refractivity contribution in [1.29, 1.82) is 0 Å². The Kier molecular flexibility index (Phi) is 5.16. The summed E-state index contributed by atoms with van der Waals surface area (Å²) in [6.07, 6.45) is 0. The Bertz CT molecular complexity index is 870. The van der Waals surface area contributed by atoms with E-state index in [2.05, 4.69) is 0 Å².